The topological polar surface area (TPSA) is 118 Å². The maximum atomic E-state index is 13.8. The van der Waals surface area contributed by atoms with Crippen LogP contribution in [0, 0.1) is 17.0 Å². The Balaban J connectivity index is 1.96. The molecular formula is C31H34N4O6. The van der Waals surface area contributed by atoms with E-state index >= 15 is 0 Å². The van der Waals surface area contributed by atoms with Crippen LogP contribution in [0.4, 0.5) is 5.69 Å². The van der Waals surface area contributed by atoms with Gasteiger partial charge in [0, 0.05) is 17.2 Å². The van der Waals surface area contributed by atoms with Gasteiger partial charge in [0.1, 0.15) is 5.75 Å². The van der Waals surface area contributed by atoms with Crippen LogP contribution in [0.5, 0.6) is 17.2 Å². The van der Waals surface area contributed by atoms with Gasteiger partial charge >= 0.3 is 5.69 Å². The molecule has 1 aromatic heterocycles. The zero-order chi connectivity index (χ0) is 29.7. The van der Waals surface area contributed by atoms with E-state index in [1.807, 2.05) is 32.0 Å². The quantitative estimate of drug-likeness (QED) is 0.117. The third-order valence-electron chi connectivity index (χ3n) is 6.44. The van der Waals surface area contributed by atoms with Gasteiger partial charge in [0.2, 0.25) is 5.75 Å². The Kier molecular flexibility index (Phi) is 9.01. The standard InChI is InChI=1S/C31H34N4O6/c1-7-39-27-14-20(6)24(17-23(27)19(4)5)30-33-25-13-11-10-12-22(25)31(36)34(30)32-18-21-15-26(35(37)38)29(41-9-3)28(16-21)40-8-2/h10-19H,7-9H2,1-6H3. The van der Waals surface area contributed by atoms with E-state index in [9.17, 15) is 14.9 Å². The Morgan fingerprint density at radius 2 is 1.68 bits per heavy atom. The van der Waals surface area contributed by atoms with Gasteiger partial charge in [-0.05, 0) is 75.1 Å². The molecule has 0 fully saturated rings. The van der Waals surface area contributed by atoms with Gasteiger partial charge in [-0.25, -0.2) is 4.98 Å². The number of benzene rings is 3. The Labute approximate surface area is 238 Å². The first kappa shape index (κ1) is 29.3. The summed E-state index contributed by atoms with van der Waals surface area (Å²) in [4.78, 5) is 29.9. The van der Waals surface area contributed by atoms with E-state index in [0.717, 1.165) is 22.4 Å². The van der Waals surface area contributed by atoms with Crippen molar-refractivity contribution in [2.75, 3.05) is 19.8 Å². The van der Waals surface area contributed by atoms with Crippen LogP contribution in [0.3, 0.4) is 0 Å². The highest BCUT2D eigenvalue weighted by Gasteiger charge is 2.23. The number of nitro groups is 1. The summed E-state index contributed by atoms with van der Waals surface area (Å²) in [5.41, 5.74) is 2.84. The number of hydrogen-bond donors (Lipinski definition) is 0. The maximum absolute atomic E-state index is 13.8. The first-order valence-corrected chi connectivity index (χ1v) is 13.6. The molecule has 0 amide bonds. The van der Waals surface area contributed by atoms with Crippen LogP contribution in [-0.2, 0) is 0 Å². The van der Waals surface area contributed by atoms with Gasteiger partial charge in [-0.2, -0.15) is 9.78 Å². The Hall–Kier alpha value is -4.73. The number of nitro benzene ring substituents is 1. The van der Waals surface area contributed by atoms with Gasteiger partial charge in [-0.3, -0.25) is 14.9 Å². The van der Waals surface area contributed by atoms with Crippen molar-refractivity contribution in [3.05, 3.63) is 85.7 Å². The molecule has 0 aliphatic heterocycles. The average molecular weight is 559 g/mol. The number of aromatic nitrogens is 2. The van der Waals surface area contributed by atoms with Crippen molar-refractivity contribution in [1.82, 2.24) is 9.66 Å². The minimum Gasteiger partial charge on any atom is -0.494 e. The number of ether oxygens (including phenoxy) is 3. The summed E-state index contributed by atoms with van der Waals surface area (Å²) in [6.45, 7) is 12.6. The molecule has 41 heavy (non-hydrogen) atoms. The van der Waals surface area contributed by atoms with E-state index in [1.165, 1.54) is 17.0 Å². The van der Waals surface area contributed by atoms with Crippen molar-refractivity contribution in [2.24, 2.45) is 5.10 Å². The molecule has 0 unspecified atom stereocenters. The number of hydrogen-bond acceptors (Lipinski definition) is 8. The van der Waals surface area contributed by atoms with Crippen molar-refractivity contribution < 1.29 is 19.1 Å². The highest BCUT2D eigenvalue weighted by molar-refractivity contribution is 5.84. The van der Waals surface area contributed by atoms with Gasteiger partial charge < -0.3 is 14.2 Å². The van der Waals surface area contributed by atoms with Crippen molar-refractivity contribution in [3.8, 4) is 28.6 Å². The molecule has 1 heterocycles. The summed E-state index contributed by atoms with van der Waals surface area (Å²) in [7, 11) is 0. The van der Waals surface area contributed by atoms with E-state index in [2.05, 4.69) is 18.9 Å². The van der Waals surface area contributed by atoms with Crippen molar-refractivity contribution >= 4 is 22.8 Å². The van der Waals surface area contributed by atoms with E-state index < -0.39 is 4.92 Å². The molecular weight excluding hydrogens is 524 g/mol. The Morgan fingerprint density at radius 1 is 1.00 bits per heavy atom. The third-order valence-corrected chi connectivity index (χ3v) is 6.44. The van der Waals surface area contributed by atoms with Crippen molar-refractivity contribution in [1.29, 1.82) is 0 Å². The van der Waals surface area contributed by atoms with E-state index in [-0.39, 0.29) is 41.9 Å². The highest BCUT2D eigenvalue weighted by Crippen LogP contribution is 2.38. The SMILES string of the molecule is CCOc1cc(C)c(-c2nc3ccccc3c(=O)n2N=Cc2cc(OCC)c(OCC)c([N+](=O)[O-])c2)cc1C(C)C. The fourth-order valence-electron chi connectivity index (χ4n) is 4.57. The highest BCUT2D eigenvalue weighted by atomic mass is 16.6. The second kappa shape index (κ2) is 12.6. The van der Waals surface area contributed by atoms with Gasteiger partial charge in [0.05, 0.1) is 41.9 Å². The van der Waals surface area contributed by atoms with Gasteiger partial charge in [0.25, 0.3) is 5.56 Å². The predicted octanol–water partition coefficient (Wildman–Crippen LogP) is 6.48. The minimum absolute atomic E-state index is 0.0490. The molecule has 4 aromatic rings. The molecule has 0 saturated heterocycles. The fourth-order valence-corrected chi connectivity index (χ4v) is 4.57. The fraction of sp³-hybridized carbons (Fsp3) is 0.323. The first-order chi connectivity index (χ1) is 19.7. The van der Waals surface area contributed by atoms with Crippen LogP contribution in [-0.4, -0.2) is 40.6 Å². The van der Waals surface area contributed by atoms with Crippen LogP contribution >= 0.6 is 0 Å². The normalized spacial score (nSPS) is 11.4. The first-order valence-electron chi connectivity index (χ1n) is 13.6. The largest absolute Gasteiger partial charge is 0.494 e. The summed E-state index contributed by atoms with van der Waals surface area (Å²) >= 11 is 0. The molecule has 0 N–H and O–H groups in total. The molecule has 0 aliphatic rings. The number of rotatable bonds is 11. The summed E-state index contributed by atoms with van der Waals surface area (Å²) < 4.78 is 18.3. The van der Waals surface area contributed by atoms with Crippen LogP contribution in [0.25, 0.3) is 22.3 Å². The average Bonchev–Trinajstić information content (AvgIpc) is 2.94. The van der Waals surface area contributed by atoms with Crippen LogP contribution < -0.4 is 19.8 Å². The summed E-state index contributed by atoms with van der Waals surface area (Å²) in [5.74, 6) is 1.55. The molecule has 0 aliphatic carbocycles. The number of nitrogens with zero attached hydrogens (tertiary/aromatic N) is 4. The molecule has 10 nitrogen and oxygen atoms in total. The number of para-hydroxylation sites is 1. The number of aryl methyl sites for hydroxylation is 1. The molecule has 214 valence electrons. The molecule has 0 bridgehead atoms. The van der Waals surface area contributed by atoms with Crippen molar-refractivity contribution in [2.45, 2.75) is 47.5 Å². The van der Waals surface area contributed by atoms with E-state index in [0.29, 0.717) is 28.9 Å². The monoisotopic (exact) mass is 558 g/mol. The summed E-state index contributed by atoms with van der Waals surface area (Å²) in [6.07, 6.45) is 1.39. The molecule has 0 atom stereocenters. The zero-order valence-corrected chi connectivity index (χ0v) is 24.1. The van der Waals surface area contributed by atoms with E-state index in [4.69, 9.17) is 19.2 Å². The molecule has 3 aromatic carbocycles. The van der Waals surface area contributed by atoms with Crippen LogP contribution in [0.15, 0.2) is 58.4 Å². The molecule has 0 spiro atoms. The second-order valence-corrected chi connectivity index (χ2v) is 9.60. The van der Waals surface area contributed by atoms with Gasteiger partial charge in [-0.15, -0.1) is 0 Å². The van der Waals surface area contributed by atoms with Gasteiger partial charge in [0.15, 0.2) is 11.6 Å². The van der Waals surface area contributed by atoms with Crippen molar-refractivity contribution in [3.63, 3.8) is 0 Å². The molecule has 10 heteroatoms. The second-order valence-electron chi connectivity index (χ2n) is 9.60. The Bertz CT molecular complexity index is 1680. The number of fused-ring (bicyclic) bond motifs is 1. The maximum Gasteiger partial charge on any atom is 0.315 e. The minimum atomic E-state index is -0.531. The van der Waals surface area contributed by atoms with Crippen LogP contribution in [0.2, 0.25) is 0 Å². The molecule has 0 saturated carbocycles. The summed E-state index contributed by atoms with van der Waals surface area (Å²) in [6, 6.07) is 14.0. The van der Waals surface area contributed by atoms with Gasteiger partial charge in [-0.1, -0.05) is 26.0 Å². The lowest BCUT2D eigenvalue weighted by molar-refractivity contribution is -0.385. The lowest BCUT2D eigenvalue weighted by Gasteiger charge is -2.18. The third kappa shape index (κ3) is 6.06. The smallest absolute Gasteiger partial charge is 0.315 e. The Morgan fingerprint density at radius 3 is 2.34 bits per heavy atom. The predicted molar refractivity (Wildman–Crippen MR) is 160 cm³/mol. The summed E-state index contributed by atoms with van der Waals surface area (Å²) in [5, 5.41) is 16.8. The van der Waals surface area contributed by atoms with Crippen LogP contribution in [0.1, 0.15) is 57.2 Å². The zero-order valence-electron chi connectivity index (χ0n) is 24.1. The lowest BCUT2D eigenvalue weighted by atomic mass is 9.96. The molecule has 0 radical (unpaired) electrons. The molecule has 4 rings (SSSR count). The van der Waals surface area contributed by atoms with E-state index in [1.54, 1.807) is 38.1 Å². The lowest BCUT2D eigenvalue weighted by Crippen LogP contribution is -2.21.